The highest BCUT2D eigenvalue weighted by Crippen LogP contribution is 2.27. The summed E-state index contributed by atoms with van der Waals surface area (Å²) in [6, 6.07) is 8.21. The molecular weight excluding hydrogens is 200 g/mol. The molecule has 16 heavy (non-hydrogen) atoms. The minimum atomic E-state index is 0.709. The van der Waals surface area contributed by atoms with Gasteiger partial charge in [0.2, 0.25) is 0 Å². The lowest BCUT2D eigenvalue weighted by atomic mass is 10.2. The van der Waals surface area contributed by atoms with Gasteiger partial charge in [-0.3, -0.25) is 0 Å². The average molecular weight is 222 g/mol. The molecule has 0 aliphatic heterocycles. The molecule has 0 amide bonds. The smallest absolute Gasteiger partial charge is 0.142 e. The van der Waals surface area contributed by atoms with E-state index in [1.165, 1.54) is 5.69 Å². The molecule has 0 bridgehead atoms. The molecule has 0 saturated carbocycles. The molecule has 3 heteroatoms. The zero-order valence-electron chi connectivity index (χ0n) is 10.5. The maximum atomic E-state index is 5.64. The first-order valence-corrected chi connectivity index (χ1v) is 5.94. The molecule has 0 atom stereocenters. The van der Waals surface area contributed by atoms with Crippen LogP contribution >= 0.6 is 0 Å². The Kier molecular flexibility index (Phi) is 5.72. The van der Waals surface area contributed by atoms with Gasteiger partial charge in [-0.1, -0.05) is 12.1 Å². The van der Waals surface area contributed by atoms with Gasteiger partial charge >= 0.3 is 0 Å². The fraction of sp³-hybridized carbons (Fsp3) is 0.538. The van der Waals surface area contributed by atoms with Crippen LogP contribution in [0.1, 0.15) is 13.8 Å². The zero-order chi connectivity index (χ0) is 11.8. The van der Waals surface area contributed by atoms with Gasteiger partial charge in [-0.05, 0) is 33.0 Å². The van der Waals surface area contributed by atoms with Crippen LogP contribution in [-0.4, -0.2) is 33.3 Å². The lowest BCUT2D eigenvalue weighted by Crippen LogP contribution is -2.30. The van der Waals surface area contributed by atoms with Crippen LogP contribution in [-0.2, 0) is 0 Å². The van der Waals surface area contributed by atoms with Crippen LogP contribution in [0.4, 0.5) is 5.69 Å². The van der Waals surface area contributed by atoms with Crippen molar-refractivity contribution in [2.75, 3.05) is 38.2 Å². The molecule has 0 heterocycles. The molecule has 0 spiro atoms. The molecule has 3 nitrogen and oxygen atoms in total. The number of rotatable bonds is 7. The SMILES string of the molecule is CCOc1ccccc1N(CC)CCNC. The molecule has 1 aromatic rings. The van der Waals surface area contributed by atoms with Crippen molar-refractivity contribution in [3.8, 4) is 5.75 Å². The van der Waals surface area contributed by atoms with Crippen LogP contribution < -0.4 is 15.0 Å². The number of hydrogen-bond acceptors (Lipinski definition) is 3. The maximum Gasteiger partial charge on any atom is 0.142 e. The van der Waals surface area contributed by atoms with Crippen molar-refractivity contribution in [3.05, 3.63) is 24.3 Å². The molecule has 0 saturated heterocycles. The van der Waals surface area contributed by atoms with Crippen molar-refractivity contribution >= 4 is 5.69 Å². The Morgan fingerprint density at radius 1 is 1.25 bits per heavy atom. The third-order valence-corrected chi connectivity index (χ3v) is 2.52. The number of likely N-dealkylation sites (N-methyl/N-ethyl adjacent to an activating group) is 2. The fourth-order valence-corrected chi connectivity index (χ4v) is 1.69. The fourth-order valence-electron chi connectivity index (χ4n) is 1.69. The van der Waals surface area contributed by atoms with Crippen molar-refractivity contribution in [1.29, 1.82) is 0 Å². The Morgan fingerprint density at radius 2 is 2.00 bits per heavy atom. The third kappa shape index (κ3) is 3.42. The van der Waals surface area contributed by atoms with Crippen LogP contribution in [0.5, 0.6) is 5.75 Å². The number of para-hydroxylation sites is 2. The summed E-state index contributed by atoms with van der Waals surface area (Å²) in [6.45, 7) is 7.86. The molecule has 90 valence electrons. The molecule has 0 radical (unpaired) electrons. The van der Waals surface area contributed by atoms with Crippen molar-refractivity contribution in [2.24, 2.45) is 0 Å². The Balaban J connectivity index is 2.81. The van der Waals surface area contributed by atoms with E-state index < -0.39 is 0 Å². The van der Waals surface area contributed by atoms with Gasteiger partial charge in [0, 0.05) is 19.6 Å². The van der Waals surface area contributed by atoms with E-state index in [9.17, 15) is 0 Å². The van der Waals surface area contributed by atoms with Gasteiger partial charge in [0.15, 0.2) is 0 Å². The Morgan fingerprint density at radius 3 is 2.62 bits per heavy atom. The Labute approximate surface area is 98.4 Å². The summed E-state index contributed by atoms with van der Waals surface area (Å²) in [6.07, 6.45) is 0. The second-order valence-corrected chi connectivity index (χ2v) is 3.58. The van der Waals surface area contributed by atoms with Gasteiger partial charge in [0.05, 0.1) is 12.3 Å². The summed E-state index contributed by atoms with van der Waals surface area (Å²) in [4.78, 5) is 2.32. The number of hydrogen-bond donors (Lipinski definition) is 1. The quantitative estimate of drug-likeness (QED) is 0.765. The zero-order valence-corrected chi connectivity index (χ0v) is 10.5. The first-order chi connectivity index (χ1) is 7.83. The summed E-state index contributed by atoms with van der Waals surface area (Å²) < 4.78 is 5.64. The van der Waals surface area contributed by atoms with Crippen LogP contribution in [0.2, 0.25) is 0 Å². The third-order valence-electron chi connectivity index (χ3n) is 2.52. The van der Waals surface area contributed by atoms with Crippen molar-refractivity contribution in [1.82, 2.24) is 5.32 Å². The molecule has 0 unspecified atom stereocenters. The first kappa shape index (κ1) is 12.8. The minimum Gasteiger partial charge on any atom is -0.492 e. The number of anilines is 1. The lowest BCUT2D eigenvalue weighted by Gasteiger charge is -2.25. The molecule has 0 aliphatic rings. The summed E-state index contributed by atoms with van der Waals surface area (Å²) in [7, 11) is 1.97. The van der Waals surface area contributed by atoms with E-state index >= 15 is 0 Å². The maximum absolute atomic E-state index is 5.64. The van der Waals surface area contributed by atoms with E-state index in [4.69, 9.17) is 4.74 Å². The predicted molar refractivity (Wildman–Crippen MR) is 69.4 cm³/mol. The van der Waals surface area contributed by atoms with E-state index in [0.717, 1.165) is 25.4 Å². The van der Waals surface area contributed by atoms with Crippen LogP contribution in [0.15, 0.2) is 24.3 Å². The van der Waals surface area contributed by atoms with Crippen LogP contribution in [0.3, 0.4) is 0 Å². The Bertz CT molecular complexity index is 302. The van der Waals surface area contributed by atoms with Gasteiger partial charge in [-0.2, -0.15) is 0 Å². The van der Waals surface area contributed by atoms with E-state index in [2.05, 4.69) is 29.3 Å². The Hall–Kier alpha value is -1.22. The van der Waals surface area contributed by atoms with Gasteiger partial charge in [0.25, 0.3) is 0 Å². The van der Waals surface area contributed by atoms with Crippen LogP contribution in [0.25, 0.3) is 0 Å². The number of benzene rings is 1. The molecule has 1 aromatic carbocycles. The van der Waals surface area contributed by atoms with Crippen LogP contribution in [0, 0.1) is 0 Å². The van der Waals surface area contributed by atoms with Gasteiger partial charge < -0.3 is 15.0 Å². The molecule has 1 rings (SSSR count). The summed E-state index contributed by atoms with van der Waals surface area (Å²) in [5.74, 6) is 0.975. The van der Waals surface area contributed by atoms with Crippen molar-refractivity contribution in [3.63, 3.8) is 0 Å². The molecule has 0 aliphatic carbocycles. The van der Waals surface area contributed by atoms with E-state index in [1.54, 1.807) is 0 Å². The summed E-state index contributed by atoms with van der Waals surface area (Å²) in [5.41, 5.74) is 1.18. The number of ether oxygens (including phenoxy) is 1. The van der Waals surface area contributed by atoms with Gasteiger partial charge in [0.1, 0.15) is 5.75 Å². The lowest BCUT2D eigenvalue weighted by molar-refractivity contribution is 0.340. The highest BCUT2D eigenvalue weighted by Gasteiger charge is 2.09. The number of nitrogens with one attached hydrogen (secondary N) is 1. The standard InChI is InChI=1S/C13H22N2O/c1-4-15(11-10-14-3)12-8-6-7-9-13(12)16-5-2/h6-9,14H,4-5,10-11H2,1-3H3. The second-order valence-electron chi connectivity index (χ2n) is 3.58. The predicted octanol–water partition coefficient (Wildman–Crippen LogP) is 2.13. The summed E-state index contributed by atoms with van der Waals surface area (Å²) >= 11 is 0. The largest absolute Gasteiger partial charge is 0.492 e. The van der Waals surface area contributed by atoms with E-state index in [-0.39, 0.29) is 0 Å². The van der Waals surface area contributed by atoms with E-state index in [1.807, 2.05) is 26.1 Å². The topological polar surface area (TPSA) is 24.5 Å². The highest BCUT2D eigenvalue weighted by atomic mass is 16.5. The van der Waals surface area contributed by atoms with Gasteiger partial charge in [-0.25, -0.2) is 0 Å². The second kappa shape index (κ2) is 7.12. The average Bonchev–Trinajstić information content (AvgIpc) is 2.32. The van der Waals surface area contributed by atoms with Crippen molar-refractivity contribution in [2.45, 2.75) is 13.8 Å². The number of nitrogens with zero attached hydrogens (tertiary/aromatic N) is 1. The minimum absolute atomic E-state index is 0.709. The monoisotopic (exact) mass is 222 g/mol. The first-order valence-electron chi connectivity index (χ1n) is 5.94. The molecular formula is C13H22N2O. The molecule has 1 N–H and O–H groups in total. The summed E-state index contributed by atoms with van der Waals surface area (Å²) in [5, 5.41) is 3.17. The highest BCUT2D eigenvalue weighted by molar-refractivity contribution is 5.58. The normalized spacial score (nSPS) is 10.2. The molecule has 0 fully saturated rings. The molecule has 0 aromatic heterocycles. The van der Waals surface area contributed by atoms with Gasteiger partial charge in [-0.15, -0.1) is 0 Å². The van der Waals surface area contributed by atoms with E-state index in [0.29, 0.717) is 6.61 Å². The van der Waals surface area contributed by atoms with Crippen molar-refractivity contribution < 1.29 is 4.74 Å².